The molecule has 1 aliphatic heterocycles. The van der Waals surface area contributed by atoms with Crippen LogP contribution in [0.2, 0.25) is 0 Å². The summed E-state index contributed by atoms with van der Waals surface area (Å²) in [5.74, 6) is 0.618. The first-order valence-electron chi connectivity index (χ1n) is 12.0. The van der Waals surface area contributed by atoms with Crippen molar-refractivity contribution in [3.05, 3.63) is 48.7 Å². The van der Waals surface area contributed by atoms with Crippen LogP contribution < -0.4 is 15.5 Å². The second kappa shape index (κ2) is 9.93. The molecule has 0 bridgehead atoms. The van der Waals surface area contributed by atoms with E-state index in [1.54, 1.807) is 0 Å². The predicted molar refractivity (Wildman–Crippen MR) is 136 cm³/mol. The van der Waals surface area contributed by atoms with Gasteiger partial charge in [-0.25, -0.2) is 9.97 Å². The molecular formula is C26H34N6O. The summed E-state index contributed by atoms with van der Waals surface area (Å²) in [5, 5.41) is 8.15. The van der Waals surface area contributed by atoms with Crippen LogP contribution in [0.15, 0.2) is 48.7 Å². The molecule has 3 aromatic rings. The Labute approximate surface area is 196 Å². The Kier molecular flexibility index (Phi) is 6.60. The van der Waals surface area contributed by atoms with Gasteiger partial charge in [-0.2, -0.15) is 0 Å². The molecule has 2 heterocycles. The minimum atomic E-state index is 0.399. The number of piperazine rings is 1. The van der Waals surface area contributed by atoms with Crippen molar-refractivity contribution in [2.75, 3.05) is 55.9 Å². The summed E-state index contributed by atoms with van der Waals surface area (Å²) in [6.07, 6.45) is 6.73. The van der Waals surface area contributed by atoms with Gasteiger partial charge in [0.2, 0.25) is 5.95 Å². The topological polar surface area (TPSA) is 65.6 Å². The Balaban J connectivity index is 1.28. The maximum atomic E-state index is 5.52. The Morgan fingerprint density at radius 3 is 2.42 bits per heavy atom. The molecule has 0 amide bonds. The zero-order valence-electron chi connectivity index (χ0n) is 19.6. The van der Waals surface area contributed by atoms with E-state index in [9.17, 15) is 0 Å². The lowest BCUT2D eigenvalue weighted by Crippen LogP contribution is -2.44. The Bertz CT molecular complexity index is 1060. The van der Waals surface area contributed by atoms with Crippen molar-refractivity contribution in [1.82, 2.24) is 14.9 Å². The minimum Gasteiger partial charge on any atom is -0.381 e. The molecule has 33 heavy (non-hydrogen) atoms. The first kappa shape index (κ1) is 21.9. The van der Waals surface area contributed by atoms with E-state index < -0.39 is 0 Å². The van der Waals surface area contributed by atoms with Crippen LogP contribution >= 0.6 is 0 Å². The lowest BCUT2D eigenvalue weighted by molar-refractivity contribution is 0.0682. The van der Waals surface area contributed by atoms with Crippen LogP contribution in [0.3, 0.4) is 0 Å². The zero-order chi connectivity index (χ0) is 22.6. The third kappa shape index (κ3) is 5.20. The van der Waals surface area contributed by atoms with Crippen molar-refractivity contribution in [3.63, 3.8) is 0 Å². The summed E-state index contributed by atoms with van der Waals surface area (Å²) in [4.78, 5) is 14.2. The van der Waals surface area contributed by atoms with Crippen molar-refractivity contribution < 1.29 is 4.74 Å². The molecule has 174 valence electrons. The van der Waals surface area contributed by atoms with Gasteiger partial charge in [-0.1, -0.05) is 12.1 Å². The molecule has 2 fully saturated rings. The summed E-state index contributed by atoms with van der Waals surface area (Å²) in [7, 11) is 4.00. The molecule has 7 heteroatoms. The average molecular weight is 447 g/mol. The van der Waals surface area contributed by atoms with E-state index >= 15 is 0 Å². The van der Waals surface area contributed by atoms with Gasteiger partial charge in [0.25, 0.3) is 0 Å². The van der Waals surface area contributed by atoms with Crippen molar-refractivity contribution in [2.24, 2.45) is 0 Å². The van der Waals surface area contributed by atoms with Crippen molar-refractivity contribution >= 4 is 33.9 Å². The normalized spacial score (nSPS) is 21.8. The highest BCUT2D eigenvalue weighted by molar-refractivity contribution is 5.90. The predicted octanol–water partition coefficient (Wildman–Crippen LogP) is 4.49. The van der Waals surface area contributed by atoms with Crippen LogP contribution in [0.4, 0.5) is 23.0 Å². The van der Waals surface area contributed by atoms with E-state index in [1.807, 2.05) is 13.3 Å². The first-order valence-corrected chi connectivity index (χ1v) is 12.0. The molecule has 1 aromatic heterocycles. The van der Waals surface area contributed by atoms with E-state index in [0.29, 0.717) is 18.1 Å². The number of nitrogens with zero attached hydrogens (tertiary/aromatic N) is 4. The van der Waals surface area contributed by atoms with Gasteiger partial charge in [0, 0.05) is 62.3 Å². The van der Waals surface area contributed by atoms with Crippen molar-refractivity contribution in [3.8, 4) is 0 Å². The van der Waals surface area contributed by atoms with E-state index in [-0.39, 0.29) is 0 Å². The summed E-state index contributed by atoms with van der Waals surface area (Å²) in [6.45, 7) is 4.35. The van der Waals surface area contributed by atoms with E-state index in [1.165, 1.54) is 5.69 Å². The van der Waals surface area contributed by atoms with Gasteiger partial charge in [0.1, 0.15) is 0 Å². The fourth-order valence-corrected chi connectivity index (χ4v) is 4.84. The standard InChI is InChI=1S/C26H34N6O/c1-31-14-16-32(17-15-31)22-10-6-21(7-11-22)29-26-27-18-19-4-3-5-24(25(19)30-26)28-20-8-12-23(33-2)13-9-20/h3-7,10-11,18,20,23,28H,8-9,12-17H2,1-2H3,(H,27,29,30). The third-order valence-electron chi connectivity index (χ3n) is 6.97. The first-order chi connectivity index (χ1) is 16.2. The molecular weight excluding hydrogens is 412 g/mol. The number of hydrogen-bond acceptors (Lipinski definition) is 7. The van der Waals surface area contributed by atoms with Crippen LogP contribution in [-0.4, -0.2) is 67.4 Å². The van der Waals surface area contributed by atoms with Gasteiger partial charge in [-0.05, 0) is 63.1 Å². The molecule has 0 radical (unpaired) electrons. The number of anilines is 4. The van der Waals surface area contributed by atoms with Crippen LogP contribution in [-0.2, 0) is 4.74 Å². The number of aromatic nitrogens is 2. The number of benzene rings is 2. The third-order valence-corrected chi connectivity index (χ3v) is 6.97. The number of hydrogen-bond donors (Lipinski definition) is 2. The quantitative estimate of drug-likeness (QED) is 0.578. The zero-order valence-corrected chi connectivity index (χ0v) is 19.6. The summed E-state index contributed by atoms with van der Waals surface area (Å²) in [6, 6.07) is 15.3. The SMILES string of the molecule is COC1CCC(Nc2cccc3cnc(Nc4ccc(N5CCN(C)CC5)cc4)nc23)CC1. The van der Waals surface area contributed by atoms with Gasteiger partial charge in [-0.3, -0.25) is 0 Å². The van der Waals surface area contributed by atoms with Crippen molar-refractivity contribution in [2.45, 2.75) is 37.8 Å². The van der Waals surface area contributed by atoms with E-state index in [4.69, 9.17) is 9.72 Å². The average Bonchev–Trinajstić information content (AvgIpc) is 2.86. The molecule has 1 aliphatic carbocycles. The number of fused-ring (bicyclic) bond motifs is 1. The van der Waals surface area contributed by atoms with Crippen molar-refractivity contribution in [1.29, 1.82) is 0 Å². The Morgan fingerprint density at radius 2 is 1.70 bits per heavy atom. The fourth-order valence-electron chi connectivity index (χ4n) is 4.84. The second-order valence-corrected chi connectivity index (χ2v) is 9.25. The number of rotatable bonds is 6. The van der Waals surface area contributed by atoms with Gasteiger partial charge in [-0.15, -0.1) is 0 Å². The molecule has 2 aliphatic rings. The number of likely N-dealkylation sites (N-methyl/N-ethyl adjacent to an activating group) is 1. The highest BCUT2D eigenvalue weighted by Gasteiger charge is 2.21. The number of nitrogens with one attached hydrogen (secondary N) is 2. The lowest BCUT2D eigenvalue weighted by Gasteiger charge is -2.34. The van der Waals surface area contributed by atoms with Gasteiger partial charge in [0.15, 0.2) is 0 Å². The Hall–Kier alpha value is -2.90. The molecule has 0 spiro atoms. The van der Waals surface area contributed by atoms with Crippen LogP contribution in [0.25, 0.3) is 10.9 Å². The molecule has 0 unspecified atom stereocenters. The molecule has 5 rings (SSSR count). The summed E-state index contributed by atoms with van der Waals surface area (Å²) < 4.78 is 5.52. The van der Waals surface area contributed by atoms with E-state index in [0.717, 1.165) is 74.1 Å². The van der Waals surface area contributed by atoms with Gasteiger partial charge < -0.3 is 25.2 Å². The maximum Gasteiger partial charge on any atom is 0.227 e. The summed E-state index contributed by atoms with van der Waals surface area (Å²) >= 11 is 0. The highest BCUT2D eigenvalue weighted by atomic mass is 16.5. The maximum absolute atomic E-state index is 5.52. The second-order valence-electron chi connectivity index (χ2n) is 9.25. The molecule has 2 N–H and O–H groups in total. The van der Waals surface area contributed by atoms with Gasteiger partial charge >= 0.3 is 0 Å². The monoisotopic (exact) mass is 446 g/mol. The number of ether oxygens (including phenoxy) is 1. The smallest absolute Gasteiger partial charge is 0.227 e. The summed E-state index contributed by atoms with van der Waals surface area (Å²) in [5.41, 5.74) is 4.29. The lowest BCUT2D eigenvalue weighted by atomic mass is 9.92. The molecule has 1 saturated carbocycles. The molecule has 1 saturated heterocycles. The molecule has 7 nitrogen and oxygen atoms in total. The van der Waals surface area contributed by atoms with Crippen LogP contribution in [0.1, 0.15) is 25.7 Å². The molecule has 2 aromatic carbocycles. The van der Waals surface area contributed by atoms with E-state index in [2.05, 4.69) is 74.9 Å². The highest BCUT2D eigenvalue weighted by Crippen LogP contribution is 2.28. The Morgan fingerprint density at radius 1 is 0.939 bits per heavy atom. The largest absolute Gasteiger partial charge is 0.381 e. The number of para-hydroxylation sites is 1. The number of methoxy groups -OCH3 is 1. The minimum absolute atomic E-state index is 0.399. The fraction of sp³-hybridized carbons (Fsp3) is 0.462. The van der Waals surface area contributed by atoms with Crippen LogP contribution in [0, 0.1) is 0 Å². The van der Waals surface area contributed by atoms with Crippen LogP contribution in [0.5, 0.6) is 0 Å². The van der Waals surface area contributed by atoms with Gasteiger partial charge in [0.05, 0.1) is 17.3 Å². The molecule has 0 atom stereocenters.